The summed E-state index contributed by atoms with van der Waals surface area (Å²) in [5.41, 5.74) is 3.37. The van der Waals surface area contributed by atoms with Gasteiger partial charge in [-0.3, -0.25) is 18.6 Å². The first kappa shape index (κ1) is 25.8. The molecule has 36 heavy (non-hydrogen) atoms. The number of aliphatic hydroxyl groups excluding tert-OH is 1. The van der Waals surface area contributed by atoms with Crippen molar-refractivity contribution in [1.29, 1.82) is 0 Å². The van der Waals surface area contributed by atoms with Crippen LogP contribution in [0.15, 0.2) is 41.7 Å². The first-order chi connectivity index (χ1) is 17.1. The summed E-state index contributed by atoms with van der Waals surface area (Å²) in [5.74, 6) is 0.461. The molecule has 0 saturated carbocycles. The van der Waals surface area contributed by atoms with E-state index in [1.807, 2.05) is 49.8 Å². The van der Waals surface area contributed by atoms with Crippen molar-refractivity contribution in [1.82, 2.24) is 34.3 Å². The minimum atomic E-state index is -0.243. The van der Waals surface area contributed by atoms with Crippen LogP contribution in [0, 0.1) is 0 Å². The van der Waals surface area contributed by atoms with Crippen LogP contribution in [-0.4, -0.2) is 57.9 Å². The minimum absolute atomic E-state index is 0.0505. The second-order valence-electron chi connectivity index (χ2n) is 9.50. The largest absolute Gasteiger partial charge is 0.490 e. The highest BCUT2D eigenvalue weighted by atomic mass is 32.2. The number of aryl methyl sites for hydroxylation is 2. The number of thioether (sulfide) groups is 1. The van der Waals surface area contributed by atoms with Crippen molar-refractivity contribution in [2.75, 3.05) is 13.2 Å². The molecule has 0 unspecified atom stereocenters. The summed E-state index contributed by atoms with van der Waals surface area (Å²) in [4.78, 5) is 18.6. The van der Waals surface area contributed by atoms with Crippen molar-refractivity contribution in [2.45, 2.75) is 56.8 Å². The Morgan fingerprint density at radius 3 is 2.69 bits per heavy atom. The van der Waals surface area contributed by atoms with E-state index in [0.29, 0.717) is 29.3 Å². The fourth-order valence-corrected chi connectivity index (χ4v) is 4.86. The van der Waals surface area contributed by atoms with Crippen LogP contribution < -0.4 is 10.1 Å². The van der Waals surface area contributed by atoms with Crippen molar-refractivity contribution < 1.29 is 14.6 Å². The highest BCUT2D eigenvalue weighted by Crippen LogP contribution is 2.39. The van der Waals surface area contributed by atoms with Crippen LogP contribution in [0.3, 0.4) is 0 Å². The van der Waals surface area contributed by atoms with Gasteiger partial charge in [0.1, 0.15) is 29.4 Å². The fourth-order valence-electron chi connectivity index (χ4n) is 3.83. The Bertz CT molecular complexity index is 1370. The number of nitrogens with zero attached hydrogens (tertiary/aromatic N) is 6. The molecule has 192 valence electrons. The molecule has 0 aliphatic carbocycles. The predicted octanol–water partition coefficient (Wildman–Crippen LogP) is 3.70. The number of hydrogen-bond donors (Lipinski definition) is 2. The van der Waals surface area contributed by atoms with E-state index in [1.165, 1.54) is 0 Å². The molecule has 0 radical (unpaired) electrons. The third-order valence-electron chi connectivity index (χ3n) is 5.44. The van der Waals surface area contributed by atoms with Gasteiger partial charge in [-0.05, 0) is 26.0 Å². The molecular weight excluding hydrogens is 478 g/mol. The lowest BCUT2D eigenvalue weighted by molar-refractivity contribution is 0.0928. The molecule has 0 bridgehead atoms. The van der Waals surface area contributed by atoms with Gasteiger partial charge in [-0.15, -0.1) is 11.8 Å². The van der Waals surface area contributed by atoms with E-state index in [4.69, 9.17) is 9.84 Å². The Hall–Kier alpha value is -3.31. The summed E-state index contributed by atoms with van der Waals surface area (Å²) in [5, 5.41) is 21.3. The Balaban J connectivity index is 1.69. The molecule has 4 aromatic heterocycles. The van der Waals surface area contributed by atoms with Gasteiger partial charge in [0.05, 0.1) is 35.1 Å². The molecule has 0 fully saturated rings. The Labute approximate surface area is 214 Å². The van der Waals surface area contributed by atoms with Crippen molar-refractivity contribution in [3.05, 3.63) is 48.2 Å². The highest BCUT2D eigenvalue weighted by molar-refractivity contribution is 8.00. The minimum Gasteiger partial charge on any atom is -0.490 e. The van der Waals surface area contributed by atoms with Gasteiger partial charge in [-0.2, -0.15) is 10.2 Å². The molecule has 0 aromatic carbocycles. The average molecular weight is 512 g/mol. The monoisotopic (exact) mass is 511 g/mol. The number of rotatable bonds is 9. The number of aromatic nitrogens is 6. The molecule has 0 aliphatic heterocycles. The average Bonchev–Trinajstić information content (AvgIpc) is 3.54. The Kier molecular flexibility index (Phi) is 7.41. The van der Waals surface area contributed by atoms with Crippen LogP contribution >= 0.6 is 11.8 Å². The van der Waals surface area contributed by atoms with Gasteiger partial charge in [0, 0.05) is 36.8 Å². The summed E-state index contributed by atoms with van der Waals surface area (Å²) >= 11 is 1.67. The number of imidazole rings is 1. The molecule has 0 aliphatic rings. The summed E-state index contributed by atoms with van der Waals surface area (Å²) < 4.78 is 11.1. The van der Waals surface area contributed by atoms with E-state index in [2.05, 4.69) is 36.2 Å². The highest BCUT2D eigenvalue weighted by Gasteiger charge is 2.22. The molecule has 0 saturated heterocycles. The maximum absolute atomic E-state index is 13.1. The second-order valence-corrected chi connectivity index (χ2v) is 11.4. The van der Waals surface area contributed by atoms with Gasteiger partial charge in [0.15, 0.2) is 0 Å². The van der Waals surface area contributed by atoms with E-state index in [1.54, 1.807) is 33.4 Å². The maximum Gasteiger partial charge on any atom is 0.270 e. The number of carbonyl (C=O) groups is 1. The third-order valence-corrected chi connectivity index (χ3v) is 6.58. The van der Waals surface area contributed by atoms with Crippen molar-refractivity contribution in [3.8, 4) is 17.1 Å². The first-order valence-electron chi connectivity index (χ1n) is 11.9. The molecule has 4 aromatic rings. The zero-order valence-electron chi connectivity index (χ0n) is 21.5. The number of ether oxygens (including phenoxy) is 1. The first-order valence-corrected chi connectivity index (χ1v) is 12.7. The number of amides is 1. The van der Waals surface area contributed by atoms with Gasteiger partial charge in [0.2, 0.25) is 0 Å². The summed E-state index contributed by atoms with van der Waals surface area (Å²) in [6.07, 6.45) is 5.58. The second kappa shape index (κ2) is 10.4. The molecule has 1 atom stereocenters. The van der Waals surface area contributed by atoms with Crippen molar-refractivity contribution >= 4 is 23.3 Å². The van der Waals surface area contributed by atoms with Crippen LogP contribution in [0.5, 0.6) is 5.75 Å². The number of fused-ring (bicyclic) bond motifs is 1. The molecule has 1 amide bonds. The number of pyridine rings is 1. The van der Waals surface area contributed by atoms with E-state index < -0.39 is 0 Å². The van der Waals surface area contributed by atoms with Crippen LogP contribution in [-0.2, 0) is 13.6 Å². The third kappa shape index (κ3) is 5.57. The zero-order valence-corrected chi connectivity index (χ0v) is 22.3. The SMILES string of the molecule is CCn1nc(-c2cnc3cc(OCCO)c(SC(C)(C)C)cn23)cc1C(=O)N[C@@H](C)c1ccn(C)n1. The van der Waals surface area contributed by atoms with E-state index in [9.17, 15) is 9.90 Å². The topological polar surface area (TPSA) is 112 Å². The number of nitrogens with one attached hydrogen (secondary N) is 1. The summed E-state index contributed by atoms with van der Waals surface area (Å²) in [7, 11) is 1.85. The van der Waals surface area contributed by atoms with E-state index >= 15 is 0 Å². The molecule has 2 N–H and O–H groups in total. The van der Waals surface area contributed by atoms with Crippen molar-refractivity contribution in [2.24, 2.45) is 7.05 Å². The van der Waals surface area contributed by atoms with Crippen LogP contribution in [0.2, 0.25) is 0 Å². The summed E-state index contributed by atoms with van der Waals surface area (Å²) in [6.45, 7) is 10.9. The molecular formula is C25H33N7O3S. The maximum atomic E-state index is 13.1. The van der Waals surface area contributed by atoms with Crippen LogP contribution in [0.25, 0.3) is 17.0 Å². The van der Waals surface area contributed by atoms with Gasteiger partial charge >= 0.3 is 0 Å². The Morgan fingerprint density at radius 1 is 1.28 bits per heavy atom. The Morgan fingerprint density at radius 2 is 2.06 bits per heavy atom. The molecule has 4 rings (SSSR count). The molecule has 0 spiro atoms. The quantitative estimate of drug-likeness (QED) is 0.330. The van der Waals surface area contributed by atoms with Gasteiger partial charge in [-0.25, -0.2) is 4.98 Å². The predicted molar refractivity (Wildman–Crippen MR) is 139 cm³/mol. The fraction of sp³-hybridized carbons (Fsp3) is 0.440. The van der Waals surface area contributed by atoms with Crippen LogP contribution in [0.4, 0.5) is 0 Å². The molecule has 4 heterocycles. The number of aliphatic hydroxyl groups is 1. The standard InChI is InChI=1S/C25H33N7O3S/c1-7-32-19(24(34)27-16(2)17-8-9-30(6)28-17)12-18(29-32)20-14-26-23-13-21(35-11-10-33)22(15-31(20)23)36-25(3,4)5/h8-9,12-16,33H,7,10-11H2,1-6H3,(H,27,34)/t16-/m0/s1. The van der Waals surface area contributed by atoms with E-state index in [-0.39, 0.29) is 29.9 Å². The van der Waals surface area contributed by atoms with Crippen LogP contribution in [0.1, 0.15) is 56.8 Å². The zero-order chi connectivity index (χ0) is 26.0. The lowest BCUT2D eigenvalue weighted by Crippen LogP contribution is -2.29. The normalized spacial score (nSPS) is 12.8. The van der Waals surface area contributed by atoms with Gasteiger partial charge in [-0.1, -0.05) is 20.8 Å². The van der Waals surface area contributed by atoms with Gasteiger partial charge < -0.3 is 15.2 Å². The van der Waals surface area contributed by atoms with Gasteiger partial charge in [0.25, 0.3) is 5.91 Å². The lowest BCUT2D eigenvalue weighted by Gasteiger charge is -2.20. The number of carbonyl (C=O) groups excluding carboxylic acids is 1. The lowest BCUT2D eigenvalue weighted by atomic mass is 10.2. The van der Waals surface area contributed by atoms with E-state index in [0.717, 1.165) is 16.3 Å². The molecule has 10 nitrogen and oxygen atoms in total. The number of hydrogen-bond acceptors (Lipinski definition) is 7. The van der Waals surface area contributed by atoms with Crippen molar-refractivity contribution in [3.63, 3.8) is 0 Å². The summed E-state index contributed by atoms with van der Waals surface area (Å²) in [6, 6.07) is 5.30. The smallest absolute Gasteiger partial charge is 0.270 e. The molecule has 11 heteroatoms.